The van der Waals surface area contributed by atoms with Crippen molar-refractivity contribution < 1.29 is 14.6 Å². The molecule has 2 rings (SSSR count). The number of rotatable bonds is 5. The van der Waals surface area contributed by atoms with E-state index in [1.807, 2.05) is 31.2 Å². The summed E-state index contributed by atoms with van der Waals surface area (Å²) in [5.41, 5.74) is 1.22. The number of hydrogen-bond donors (Lipinski definition) is 1. The molecule has 1 aromatic rings. The minimum absolute atomic E-state index is 0.162. The average molecular weight is 291 g/mol. The number of methoxy groups -OCH3 is 1. The smallest absolute Gasteiger partial charge is 0.222 e. The molecule has 1 fully saturated rings. The van der Waals surface area contributed by atoms with Crippen molar-refractivity contribution >= 4 is 5.91 Å². The van der Waals surface area contributed by atoms with E-state index >= 15 is 0 Å². The van der Waals surface area contributed by atoms with E-state index in [0.717, 1.165) is 31.6 Å². The number of carbonyl (C=O) groups excluding carboxylic acids is 1. The van der Waals surface area contributed by atoms with Gasteiger partial charge in [-0.15, -0.1) is 0 Å². The molecule has 1 saturated heterocycles. The van der Waals surface area contributed by atoms with Gasteiger partial charge in [0.15, 0.2) is 0 Å². The van der Waals surface area contributed by atoms with Crippen molar-refractivity contribution in [3.63, 3.8) is 0 Å². The highest BCUT2D eigenvalue weighted by atomic mass is 16.5. The van der Waals surface area contributed by atoms with Crippen LogP contribution in [0.2, 0.25) is 0 Å². The highest BCUT2D eigenvalue weighted by Crippen LogP contribution is 2.18. The lowest BCUT2D eigenvalue weighted by molar-refractivity contribution is -0.135. The van der Waals surface area contributed by atoms with E-state index in [2.05, 4.69) is 0 Å². The maximum atomic E-state index is 12.1. The minimum atomic E-state index is -0.371. The number of aliphatic hydroxyl groups is 1. The van der Waals surface area contributed by atoms with Gasteiger partial charge in [-0.3, -0.25) is 4.79 Å². The normalized spacial score (nSPS) is 22.1. The fraction of sp³-hybridized carbons (Fsp3) is 0.588. The van der Waals surface area contributed by atoms with Crippen LogP contribution >= 0.6 is 0 Å². The first-order valence-electron chi connectivity index (χ1n) is 7.69. The van der Waals surface area contributed by atoms with Gasteiger partial charge in [-0.05, 0) is 42.9 Å². The van der Waals surface area contributed by atoms with Crippen LogP contribution in [0.15, 0.2) is 24.3 Å². The largest absolute Gasteiger partial charge is 0.497 e. The number of carbonyl (C=O) groups is 1. The predicted molar refractivity (Wildman–Crippen MR) is 82.3 cm³/mol. The number of aryl methyl sites for hydroxylation is 1. The zero-order chi connectivity index (χ0) is 15.2. The quantitative estimate of drug-likeness (QED) is 0.905. The number of β-amino-alcohol motifs (C(OH)–C–C–N with tert-alkyl or cyclic N) is 1. The first-order chi connectivity index (χ1) is 10.1. The molecule has 0 aromatic heterocycles. The zero-order valence-electron chi connectivity index (χ0n) is 12.9. The Morgan fingerprint density at radius 2 is 2.10 bits per heavy atom. The molecule has 0 spiro atoms. The molecule has 0 aliphatic carbocycles. The highest BCUT2D eigenvalue weighted by Gasteiger charge is 2.26. The maximum Gasteiger partial charge on any atom is 0.222 e. The lowest BCUT2D eigenvalue weighted by atomic mass is 9.95. The summed E-state index contributed by atoms with van der Waals surface area (Å²) in [6.45, 7) is 3.30. The van der Waals surface area contributed by atoms with Crippen LogP contribution in [0.5, 0.6) is 5.75 Å². The van der Waals surface area contributed by atoms with Crippen LogP contribution < -0.4 is 4.74 Å². The molecule has 4 heteroatoms. The van der Waals surface area contributed by atoms with Gasteiger partial charge in [0, 0.05) is 19.5 Å². The minimum Gasteiger partial charge on any atom is -0.497 e. The van der Waals surface area contributed by atoms with E-state index in [0.29, 0.717) is 18.9 Å². The topological polar surface area (TPSA) is 49.8 Å². The molecule has 1 heterocycles. The number of piperidine rings is 1. The number of benzene rings is 1. The van der Waals surface area contributed by atoms with E-state index in [9.17, 15) is 9.90 Å². The van der Waals surface area contributed by atoms with Crippen molar-refractivity contribution in [3.8, 4) is 5.75 Å². The van der Waals surface area contributed by atoms with E-state index < -0.39 is 0 Å². The number of amides is 1. The lowest BCUT2D eigenvalue weighted by Crippen LogP contribution is -2.45. The summed E-state index contributed by atoms with van der Waals surface area (Å²) in [5.74, 6) is 1.31. The summed E-state index contributed by atoms with van der Waals surface area (Å²) in [7, 11) is 1.65. The van der Waals surface area contributed by atoms with Crippen molar-refractivity contribution in [1.82, 2.24) is 4.90 Å². The maximum absolute atomic E-state index is 12.1. The molecule has 4 nitrogen and oxygen atoms in total. The Labute approximate surface area is 126 Å². The molecular weight excluding hydrogens is 266 g/mol. The molecule has 21 heavy (non-hydrogen) atoms. The second-order valence-corrected chi connectivity index (χ2v) is 5.87. The Morgan fingerprint density at radius 1 is 1.38 bits per heavy atom. The number of nitrogens with zero attached hydrogens (tertiary/aromatic N) is 1. The molecule has 1 N–H and O–H groups in total. The predicted octanol–water partition coefficient (Wildman–Crippen LogP) is 2.25. The third-order valence-corrected chi connectivity index (χ3v) is 4.29. The molecule has 1 amide bonds. The van der Waals surface area contributed by atoms with Gasteiger partial charge >= 0.3 is 0 Å². The van der Waals surface area contributed by atoms with Crippen molar-refractivity contribution in [2.24, 2.45) is 5.92 Å². The molecular formula is C17H25NO3. The van der Waals surface area contributed by atoms with E-state index in [4.69, 9.17) is 4.74 Å². The molecule has 0 radical (unpaired) electrons. The molecule has 2 unspecified atom stereocenters. The second kappa shape index (κ2) is 7.46. The van der Waals surface area contributed by atoms with Gasteiger partial charge < -0.3 is 14.7 Å². The first kappa shape index (κ1) is 15.8. The summed E-state index contributed by atoms with van der Waals surface area (Å²) in [6.07, 6.45) is 2.80. The van der Waals surface area contributed by atoms with Crippen LogP contribution in [0, 0.1) is 5.92 Å². The number of likely N-dealkylation sites (tertiary alicyclic amines) is 1. The van der Waals surface area contributed by atoms with Gasteiger partial charge in [0.05, 0.1) is 13.2 Å². The Bertz CT molecular complexity index is 458. The average Bonchev–Trinajstić information content (AvgIpc) is 2.50. The van der Waals surface area contributed by atoms with Gasteiger partial charge in [0.25, 0.3) is 0 Å². The Kier molecular flexibility index (Phi) is 5.62. The second-order valence-electron chi connectivity index (χ2n) is 5.87. The molecule has 116 valence electrons. The zero-order valence-corrected chi connectivity index (χ0v) is 12.9. The van der Waals surface area contributed by atoms with Gasteiger partial charge in [-0.1, -0.05) is 19.1 Å². The fourth-order valence-electron chi connectivity index (χ4n) is 2.67. The van der Waals surface area contributed by atoms with E-state index in [-0.39, 0.29) is 12.0 Å². The van der Waals surface area contributed by atoms with Crippen LogP contribution in [-0.4, -0.2) is 42.2 Å². The van der Waals surface area contributed by atoms with E-state index in [1.165, 1.54) is 5.56 Å². The van der Waals surface area contributed by atoms with Crippen molar-refractivity contribution in [1.29, 1.82) is 0 Å². The molecule has 1 aromatic carbocycles. The molecule has 0 bridgehead atoms. The van der Waals surface area contributed by atoms with Crippen LogP contribution in [0.3, 0.4) is 0 Å². The highest BCUT2D eigenvalue weighted by molar-refractivity contribution is 5.76. The standard InChI is InChI=1S/C17H25NO3/c1-13-10-11-18(12-16(13)19)17(20)5-3-4-14-6-8-15(21-2)9-7-14/h6-9,13,16,19H,3-5,10-12H2,1-2H3. The SMILES string of the molecule is COc1ccc(CCCC(=O)N2CCC(C)C(O)C2)cc1. The summed E-state index contributed by atoms with van der Waals surface area (Å²) >= 11 is 0. The van der Waals surface area contributed by atoms with Gasteiger partial charge in [-0.2, -0.15) is 0 Å². The summed E-state index contributed by atoms with van der Waals surface area (Å²) in [6, 6.07) is 7.96. The van der Waals surface area contributed by atoms with Crippen LogP contribution in [0.25, 0.3) is 0 Å². The van der Waals surface area contributed by atoms with Gasteiger partial charge in [-0.25, -0.2) is 0 Å². The molecule has 1 aliphatic heterocycles. The monoisotopic (exact) mass is 291 g/mol. The third kappa shape index (κ3) is 4.46. The van der Waals surface area contributed by atoms with E-state index in [1.54, 1.807) is 12.0 Å². The molecule has 1 aliphatic rings. The molecule has 2 atom stereocenters. The van der Waals surface area contributed by atoms with Gasteiger partial charge in [0.2, 0.25) is 5.91 Å². The van der Waals surface area contributed by atoms with Crippen molar-refractivity contribution in [2.75, 3.05) is 20.2 Å². The van der Waals surface area contributed by atoms with Crippen LogP contribution in [-0.2, 0) is 11.2 Å². The Balaban J connectivity index is 1.73. The molecule has 0 saturated carbocycles. The lowest BCUT2D eigenvalue weighted by Gasteiger charge is -2.34. The van der Waals surface area contributed by atoms with Crippen LogP contribution in [0.4, 0.5) is 0 Å². The van der Waals surface area contributed by atoms with Crippen molar-refractivity contribution in [2.45, 2.75) is 38.7 Å². The summed E-state index contributed by atoms with van der Waals surface area (Å²) < 4.78 is 5.13. The summed E-state index contributed by atoms with van der Waals surface area (Å²) in [5, 5.41) is 9.84. The third-order valence-electron chi connectivity index (χ3n) is 4.29. The summed E-state index contributed by atoms with van der Waals surface area (Å²) in [4.78, 5) is 13.9. The van der Waals surface area contributed by atoms with Crippen LogP contribution in [0.1, 0.15) is 31.7 Å². The first-order valence-corrected chi connectivity index (χ1v) is 7.69. The number of aliphatic hydroxyl groups excluding tert-OH is 1. The fourth-order valence-corrected chi connectivity index (χ4v) is 2.67. The number of ether oxygens (including phenoxy) is 1. The Hall–Kier alpha value is -1.55. The number of hydrogen-bond acceptors (Lipinski definition) is 3. The Morgan fingerprint density at radius 3 is 2.71 bits per heavy atom. The van der Waals surface area contributed by atoms with Gasteiger partial charge in [0.1, 0.15) is 5.75 Å². The van der Waals surface area contributed by atoms with Crippen molar-refractivity contribution in [3.05, 3.63) is 29.8 Å².